The van der Waals surface area contributed by atoms with Gasteiger partial charge < -0.3 is 15.3 Å². The second-order valence-corrected chi connectivity index (χ2v) is 5.17. The molecule has 19 heavy (non-hydrogen) atoms. The lowest BCUT2D eigenvalue weighted by molar-refractivity contribution is -0.127. The van der Waals surface area contributed by atoms with E-state index in [9.17, 15) is 14.7 Å². The molecule has 3 heterocycles. The third kappa shape index (κ3) is 1.98. The van der Waals surface area contributed by atoms with Gasteiger partial charge in [0.2, 0.25) is 5.91 Å². The molecule has 0 bridgehead atoms. The minimum absolute atomic E-state index is 0.156. The van der Waals surface area contributed by atoms with E-state index in [2.05, 4.69) is 10.3 Å². The maximum atomic E-state index is 12.2. The van der Waals surface area contributed by atoms with Crippen LogP contribution < -0.4 is 5.32 Å². The van der Waals surface area contributed by atoms with Crippen LogP contribution >= 0.6 is 0 Å². The number of rotatable bonds is 1. The van der Waals surface area contributed by atoms with E-state index < -0.39 is 11.6 Å². The summed E-state index contributed by atoms with van der Waals surface area (Å²) in [6.07, 6.45) is 1.75. The molecular weight excluding hydrogens is 246 g/mol. The smallest absolute Gasteiger partial charge is 0.272 e. The molecule has 0 saturated carbocycles. The average molecular weight is 261 g/mol. The van der Waals surface area contributed by atoms with Gasteiger partial charge in [-0.15, -0.1) is 0 Å². The predicted octanol–water partition coefficient (Wildman–Crippen LogP) is -0.248. The second-order valence-electron chi connectivity index (χ2n) is 5.17. The number of pyridine rings is 1. The molecule has 2 atom stereocenters. The molecule has 0 aliphatic carbocycles. The summed E-state index contributed by atoms with van der Waals surface area (Å²) >= 11 is 0. The van der Waals surface area contributed by atoms with Crippen molar-refractivity contribution in [2.45, 2.75) is 19.1 Å². The number of amides is 2. The molecule has 2 amide bonds. The lowest BCUT2D eigenvalue weighted by Crippen LogP contribution is -2.37. The van der Waals surface area contributed by atoms with Crippen LogP contribution in [0.5, 0.6) is 0 Å². The van der Waals surface area contributed by atoms with Gasteiger partial charge in [0.1, 0.15) is 11.9 Å². The highest BCUT2D eigenvalue weighted by atomic mass is 16.3. The Kier molecular flexibility index (Phi) is 2.74. The maximum Gasteiger partial charge on any atom is 0.272 e. The molecule has 0 aromatic carbocycles. The highest BCUT2D eigenvalue weighted by Gasteiger charge is 2.51. The van der Waals surface area contributed by atoms with Gasteiger partial charge in [-0.2, -0.15) is 0 Å². The van der Waals surface area contributed by atoms with Crippen molar-refractivity contribution in [2.24, 2.45) is 5.41 Å². The van der Waals surface area contributed by atoms with Gasteiger partial charge in [-0.25, -0.2) is 0 Å². The highest BCUT2D eigenvalue weighted by Crippen LogP contribution is 2.39. The quantitative estimate of drug-likeness (QED) is 0.730. The first-order valence-electron chi connectivity index (χ1n) is 6.30. The van der Waals surface area contributed by atoms with Gasteiger partial charge in [-0.3, -0.25) is 14.6 Å². The lowest BCUT2D eigenvalue weighted by Gasteiger charge is -2.20. The molecule has 1 aromatic rings. The summed E-state index contributed by atoms with van der Waals surface area (Å²) in [5.74, 6) is -0.317. The standard InChI is InChI=1S/C13H15N3O3/c17-10-7-13(12(19)15-10)4-6-16(8-13)11(18)9-3-1-2-5-14-9/h1-3,5,10,17H,4,6-8H2,(H,15,19). The number of likely N-dealkylation sites (tertiary alicyclic amines) is 1. The van der Waals surface area contributed by atoms with Crippen molar-refractivity contribution in [3.05, 3.63) is 30.1 Å². The van der Waals surface area contributed by atoms with Crippen LogP contribution in [-0.4, -0.2) is 46.1 Å². The number of hydrogen-bond acceptors (Lipinski definition) is 4. The molecular formula is C13H15N3O3. The molecule has 3 rings (SSSR count). The van der Waals surface area contributed by atoms with Crippen LogP contribution in [-0.2, 0) is 4.79 Å². The summed E-state index contributed by atoms with van der Waals surface area (Å²) in [5.41, 5.74) is -0.234. The molecule has 1 aromatic heterocycles. The van der Waals surface area contributed by atoms with Crippen LogP contribution in [0.2, 0.25) is 0 Å². The molecule has 100 valence electrons. The van der Waals surface area contributed by atoms with E-state index in [0.717, 1.165) is 0 Å². The first-order chi connectivity index (χ1) is 9.11. The Hall–Kier alpha value is -1.95. The summed E-state index contributed by atoms with van der Waals surface area (Å²) in [4.78, 5) is 29.8. The van der Waals surface area contributed by atoms with Crippen LogP contribution in [0, 0.1) is 5.41 Å². The molecule has 0 radical (unpaired) electrons. The highest BCUT2D eigenvalue weighted by molar-refractivity contribution is 5.94. The number of nitrogens with zero attached hydrogens (tertiary/aromatic N) is 2. The first kappa shape index (κ1) is 12.1. The lowest BCUT2D eigenvalue weighted by atomic mass is 9.85. The monoisotopic (exact) mass is 261 g/mol. The van der Waals surface area contributed by atoms with E-state index in [-0.39, 0.29) is 11.8 Å². The fraction of sp³-hybridized carbons (Fsp3) is 0.462. The van der Waals surface area contributed by atoms with Crippen molar-refractivity contribution in [1.29, 1.82) is 0 Å². The normalized spacial score (nSPS) is 29.8. The summed E-state index contributed by atoms with van der Waals surface area (Å²) < 4.78 is 0. The number of nitrogens with one attached hydrogen (secondary N) is 1. The maximum absolute atomic E-state index is 12.2. The number of hydrogen-bond donors (Lipinski definition) is 2. The van der Waals surface area contributed by atoms with Gasteiger partial charge in [-0.05, 0) is 18.6 Å². The van der Waals surface area contributed by atoms with Crippen molar-refractivity contribution in [3.8, 4) is 0 Å². The third-order valence-corrected chi connectivity index (χ3v) is 3.89. The van der Waals surface area contributed by atoms with Gasteiger partial charge in [0.15, 0.2) is 0 Å². The van der Waals surface area contributed by atoms with Gasteiger partial charge in [0.25, 0.3) is 5.91 Å². The fourth-order valence-corrected chi connectivity index (χ4v) is 2.87. The number of aromatic nitrogens is 1. The zero-order valence-electron chi connectivity index (χ0n) is 10.4. The molecule has 2 fully saturated rings. The van der Waals surface area contributed by atoms with E-state index in [1.54, 1.807) is 29.3 Å². The van der Waals surface area contributed by atoms with Crippen molar-refractivity contribution in [1.82, 2.24) is 15.2 Å². The van der Waals surface area contributed by atoms with Crippen LogP contribution in [0.3, 0.4) is 0 Å². The van der Waals surface area contributed by atoms with E-state index in [0.29, 0.717) is 31.6 Å². The van der Waals surface area contributed by atoms with Crippen LogP contribution in [0.4, 0.5) is 0 Å². The molecule has 1 spiro atoms. The first-order valence-corrected chi connectivity index (χ1v) is 6.30. The number of aliphatic hydroxyl groups excluding tert-OH is 1. The summed E-state index contributed by atoms with van der Waals surface area (Å²) in [7, 11) is 0. The van der Waals surface area contributed by atoms with Gasteiger partial charge >= 0.3 is 0 Å². The number of carbonyl (C=O) groups excluding carboxylic acids is 2. The second kappa shape index (κ2) is 4.31. The summed E-state index contributed by atoms with van der Waals surface area (Å²) in [6.45, 7) is 0.876. The Morgan fingerprint density at radius 3 is 3.00 bits per heavy atom. The molecule has 6 nitrogen and oxygen atoms in total. The number of aliphatic hydroxyl groups is 1. The zero-order valence-corrected chi connectivity index (χ0v) is 10.4. The third-order valence-electron chi connectivity index (χ3n) is 3.89. The van der Waals surface area contributed by atoms with E-state index >= 15 is 0 Å². The van der Waals surface area contributed by atoms with Crippen molar-refractivity contribution in [3.63, 3.8) is 0 Å². The Morgan fingerprint density at radius 1 is 1.53 bits per heavy atom. The summed E-state index contributed by atoms with van der Waals surface area (Å²) in [5, 5.41) is 12.0. The predicted molar refractivity (Wildman–Crippen MR) is 66.0 cm³/mol. The zero-order chi connectivity index (χ0) is 13.5. The Morgan fingerprint density at radius 2 is 2.37 bits per heavy atom. The average Bonchev–Trinajstić information content (AvgIpc) is 2.95. The van der Waals surface area contributed by atoms with Gasteiger partial charge in [-0.1, -0.05) is 6.07 Å². The van der Waals surface area contributed by atoms with Crippen LogP contribution in [0.1, 0.15) is 23.3 Å². The topological polar surface area (TPSA) is 82.5 Å². The fourth-order valence-electron chi connectivity index (χ4n) is 2.87. The van der Waals surface area contributed by atoms with Gasteiger partial charge in [0.05, 0.1) is 5.41 Å². The molecule has 6 heteroatoms. The molecule has 2 saturated heterocycles. The van der Waals surface area contributed by atoms with Crippen LogP contribution in [0.15, 0.2) is 24.4 Å². The number of carbonyl (C=O) groups is 2. The van der Waals surface area contributed by atoms with Crippen molar-refractivity contribution in [2.75, 3.05) is 13.1 Å². The Balaban J connectivity index is 1.76. The molecule has 2 aliphatic rings. The van der Waals surface area contributed by atoms with Crippen molar-refractivity contribution < 1.29 is 14.7 Å². The van der Waals surface area contributed by atoms with E-state index in [4.69, 9.17) is 0 Å². The van der Waals surface area contributed by atoms with E-state index in [1.807, 2.05) is 0 Å². The van der Waals surface area contributed by atoms with E-state index in [1.165, 1.54) is 0 Å². The SMILES string of the molecule is O=C(c1ccccn1)N1CCC2(CC(O)NC2=O)C1. The largest absolute Gasteiger partial charge is 0.374 e. The minimum atomic E-state index is -0.794. The minimum Gasteiger partial charge on any atom is -0.374 e. The van der Waals surface area contributed by atoms with Gasteiger partial charge in [0, 0.05) is 25.7 Å². The molecule has 2 aliphatic heterocycles. The molecule has 2 N–H and O–H groups in total. The Labute approximate surface area is 110 Å². The van der Waals surface area contributed by atoms with Crippen molar-refractivity contribution >= 4 is 11.8 Å². The molecule has 2 unspecified atom stereocenters. The summed E-state index contributed by atoms with van der Waals surface area (Å²) in [6, 6.07) is 5.18. The van der Waals surface area contributed by atoms with Crippen LogP contribution in [0.25, 0.3) is 0 Å². The Bertz CT molecular complexity index is 519.